The average Bonchev–Trinajstić information content (AvgIpc) is 2.64. The van der Waals surface area contributed by atoms with Crippen molar-refractivity contribution in [2.24, 2.45) is 11.7 Å². The van der Waals surface area contributed by atoms with Crippen molar-refractivity contribution < 1.29 is 9.18 Å². The van der Waals surface area contributed by atoms with E-state index >= 15 is 0 Å². The van der Waals surface area contributed by atoms with Gasteiger partial charge in [0.15, 0.2) is 0 Å². The summed E-state index contributed by atoms with van der Waals surface area (Å²) in [5.41, 5.74) is 6.63. The topological polar surface area (TPSA) is 43.1 Å². The Morgan fingerprint density at radius 2 is 2.29 bits per heavy atom. The fourth-order valence-electron chi connectivity index (χ4n) is 2.50. The highest BCUT2D eigenvalue weighted by Crippen LogP contribution is 2.38. The molecule has 0 fully saturated rings. The van der Waals surface area contributed by atoms with Crippen LogP contribution in [0.2, 0.25) is 0 Å². The van der Waals surface area contributed by atoms with E-state index in [2.05, 4.69) is 0 Å². The minimum Gasteiger partial charge on any atom is -0.369 e. The highest BCUT2D eigenvalue weighted by Gasteiger charge is 2.25. The summed E-state index contributed by atoms with van der Waals surface area (Å²) >= 11 is 1.59. The van der Waals surface area contributed by atoms with Crippen LogP contribution in [-0.4, -0.2) is 5.91 Å². The van der Waals surface area contributed by atoms with Crippen LogP contribution in [0.25, 0.3) is 10.1 Å². The van der Waals surface area contributed by atoms with Crippen LogP contribution >= 0.6 is 11.3 Å². The van der Waals surface area contributed by atoms with Crippen LogP contribution < -0.4 is 5.73 Å². The summed E-state index contributed by atoms with van der Waals surface area (Å²) in [5.74, 6) is -0.484. The summed E-state index contributed by atoms with van der Waals surface area (Å²) in [5, 5.41) is 1.13. The van der Waals surface area contributed by atoms with Crippen molar-refractivity contribution in [3.05, 3.63) is 34.5 Å². The Labute approximate surface area is 102 Å². The van der Waals surface area contributed by atoms with Gasteiger partial charge in [-0.2, -0.15) is 0 Å². The van der Waals surface area contributed by atoms with Crippen LogP contribution in [0.3, 0.4) is 0 Å². The van der Waals surface area contributed by atoms with E-state index in [1.54, 1.807) is 17.4 Å². The molecule has 1 aromatic carbocycles. The summed E-state index contributed by atoms with van der Waals surface area (Å²) in [6.45, 7) is 0. The number of halogens is 1. The third kappa shape index (κ3) is 1.72. The molecule has 0 saturated carbocycles. The van der Waals surface area contributed by atoms with Crippen LogP contribution in [0.1, 0.15) is 16.9 Å². The molecule has 1 amide bonds. The zero-order chi connectivity index (χ0) is 12.0. The van der Waals surface area contributed by atoms with Crippen molar-refractivity contribution in [2.75, 3.05) is 0 Å². The standard InChI is InChI=1S/C13H12FNOS/c14-8-2-4-10-9-3-1-7(13(15)16)5-11(9)17-12(10)6-8/h2,4,6-7H,1,3,5H2,(H2,15,16)/t7-/m0/s1. The molecule has 4 heteroatoms. The van der Waals surface area contributed by atoms with E-state index in [4.69, 9.17) is 5.73 Å². The molecule has 1 aromatic heterocycles. The summed E-state index contributed by atoms with van der Waals surface area (Å²) < 4.78 is 14.1. The predicted octanol–water partition coefficient (Wildman–Crippen LogP) is 2.63. The number of hydrogen-bond donors (Lipinski definition) is 1. The molecular formula is C13H12FNOS. The molecule has 88 valence electrons. The number of hydrogen-bond acceptors (Lipinski definition) is 2. The molecule has 1 aliphatic carbocycles. The molecule has 0 radical (unpaired) electrons. The monoisotopic (exact) mass is 249 g/mol. The Morgan fingerprint density at radius 1 is 1.47 bits per heavy atom. The normalized spacial score (nSPS) is 19.2. The first kappa shape index (κ1) is 10.7. The molecule has 17 heavy (non-hydrogen) atoms. The molecule has 3 rings (SSSR count). The highest BCUT2D eigenvalue weighted by atomic mass is 32.1. The molecule has 0 saturated heterocycles. The Hall–Kier alpha value is -1.42. The van der Waals surface area contributed by atoms with Crippen LogP contribution in [0, 0.1) is 11.7 Å². The molecule has 0 spiro atoms. The van der Waals surface area contributed by atoms with Gasteiger partial charge in [-0.15, -0.1) is 11.3 Å². The molecular weight excluding hydrogens is 237 g/mol. The number of benzene rings is 1. The number of fused-ring (bicyclic) bond motifs is 3. The lowest BCUT2D eigenvalue weighted by Crippen LogP contribution is -2.27. The van der Waals surface area contributed by atoms with E-state index in [-0.39, 0.29) is 17.6 Å². The van der Waals surface area contributed by atoms with Crippen LogP contribution in [0.5, 0.6) is 0 Å². The number of nitrogens with two attached hydrogens (primary N) is 1. The smallest absolute Gasteiger partial charge is 0.220 e. The van der Waals surface area contributed by atoms with Crippen molar-refractivity contribution in [3.63, 3.8) is 0 Å². The maximum absolute atomic E-state index is 13.1. The zero-order valence-electron chi connectivity index (χ0n) is 9.20. The second kappa shape index (κ2) is 3.81. The Morgan fingerprint density at radius 3 is 3.06 bits per heavy atom. The number of amides is 1. The minimum absolute atomic E-state index is 0.0552. The van der Waals surface area contributed by atoms with Gasteiger partial charge in [-0.05, 0) is 42.3 Å². The SMILES string of the molecule is NC(=O)[C@H]1CCc2c(sc3cc(F)ccc23)C1. The maximum Gasteiger partial charge on any atom is 0.220 e. The molecule has 2 N–H and O–H groups in total. The van der Waals surface area contributed by atoms with E-state index in [0.29, 0.717) is 6.42 Å². The Balaban J connectivity index is 2.09. The van der Waals surface area contributed by atoms with Crippen molar-refractivity contribution >= 4 is 27.3 Å². The van der Waals surface area contributed by atoms with E-state index < -0.39 is 0 Å². The lowest BCUT2D eigenvalue weighted by Gasteiger charge is -2.19. The predicted molar refractivity (Wildman–Crippen MR) is 66.5 cm³/mol. The number of carbonyl (C=O) groups excluding carboxylic acids is 1. The summed E-state index contributed by atoms with van der Waals surface area (Å²) in [7, 11) is 0. The van der Waals surface area contributed by atoms with Gasteiger partial charge in [0.25, 0.3) is 0 Å². The molecule has 1 atom stereocenters. The summed E-state index contributed by atoms with van der Waals surface area (Å²) in [4.78, 5) is 12.4. The summed E-state index contributed by atoms with van der Waals surface area (Å²) in [6, 6.07) is 4.90. The van der Waals surface area contributed by atoms with Gasteiger partial charge >= 0.3 is 0 Å². The molecule has 1 heterocycles. The minimum atomic E-state index is -0.223. The fourth-order valence-corrected chi connectivity index (χ4v) is 3.86. The third-order valence-electron chi connectivity index (χ3n) is 3.42. The molecule has 0 aliphatic heterocycles. The Kier molecular flexibility index (Phi) is 2.40. The first-order valence-electron chi connectivity index (χ1n) is 5.64. The number of primary amides is 1. The lowest BCUT2D eigenvalue weighted by molar-refractivity contribution is -0.122. The molecule has 2 aromatic rings. The lowest BCUT2D eigenvalue weighted by atomic mass is 9.87. The van der Waals surface area contributed by atoms with Gasteiger partial charge in [0.2, 0.25) is 5.91 Å². The second-order valence-electron chi connectivity index (χ2n) is 4.49. The van der Waals surface area contributed by atoms with Gasteiger partial charge in [-0.3, -0.25) is 4.79 Å². The second-order valence-corrected chi connectivity index (χ2v) is 5.62. The number of carbonyl (C=O) groups is 1. The molecule has 0 unspecified atom stereocenters. The van der Waals surface area contributed by atoms with Crippen molar-refractivity contribution in [3.8, 4) is 0 Å². The van der Waals surface area contributed by atoms with E-state index in [1.165, 1.54) is 16.5 Å². The van der Waals surface area contributed by atoms with Gasteiger partial charge in [-0.25, -0.2) is 4.39 Å². The number of thiophene rings is 1. The first-order valence-corrected chi connectivity index (χ1v) is 6.46. The largest absolute Gasteiger partial charge is 0.369 e. The number of aryl methyl sites for hydroxylation is 1. The maximum atomic E-state index is 13.1. The van der Waals surface area contributed by atoms with Crippen molar-refractivity contribution in [2.45, 2.75) is 19.3 Å². The summed E-state index contributed by atoms with van der Waals surface area (Å²) in [6.07, 6.45) is 2.39. The van der Waals surface area contributed by atoms with Gasteiger partial charge in [0, 0.05) is 15.5 Å². The van der Waals surface area contributed by atoms with Gasteiger partial charge in [0.05, 0.1) is 0 Å². The van der Waals surface area contributed by atoms with Gasteiger partial charge in [0.1, 0.15) is 5.82 Å². The van der Waals surface area contributed by atoms with E-state index in [9.17, 15) is 9.18 Å². The van der Waals surface area contributed by atoms with Crippen LogP contribution in [-0.2, 0) is 17.6 Å². The average molecular weight is 249 g/mol. The van der Waals surface area contributed by atoms with E-state index in [0.717, 1.165) is 22.9 Å². The third-order valence-corrected chi connectivity index (χ3v) is 4.63. The number of rotatable bonds is 1. The van der Waals surface area contributed by atoms with Crippen LogP contribution in [0.15, 0.2) is 18.2 Å². The van der Waals surface area contributed by atoms with E-state index in [1.807, 2.05) is 6.07 Å². The molecule has 0 bridgehead atoms. The highest BCUT2D eigenvalue weighted by molar-refractivity contribution is 7.19. The molecule has 1 aliphatic rings. The Bertz CT molecular complexity index is 605. The van der Waals surface area contributed by atoms with Crippen molar-refractivity contribution in [1.29, 1.82) is 0 Å². The van der Waals surface area contributed by atoms with Gasteiger partial charge in [-0.1, -0.05) is 6.07 Å². The first-order chi connectivity index (χ1) is 8.15. The zero-order valence-corrected chi connectivity index (χ0v) is 10.0. The van der Waals surface area contributed by atoms with Crippen molar-refractivity contribution in [1.82, 2.24) is 0 Å². The molecule has 2 nitrogen and oxygen atoms in total. The quantitative estimate of drug-likeness (QED) is 0.829. The fraction of sp³-hybridized carbons (Fsp3) is 0.308. The van der Waals surface area contributed by atoms with Gasteiger partial charge < -0.3 is 5.73 Å². The van der Waals surface area contributed by atoms with Crippen LogP contribution in [0.4, 0.5) is 4.39 Å².